The molecule has 0 saturated heterocycles. The van der Waals surface area contributed by atoms with E-state index >= 15 is 0 Å². The maximum Gasteiger partial charge on any atom is 0.111 e. The Hall–Kier alpha value is -1.06. The lowest BCUT2D eigenvalue weighted by molar-refractivity contribution is 0.497. The van der Waals surface area contributed by atoms with Crippen LogP contribution in [0.3, 0.4) is 0 Å². The van der Waals surface area contributed by atoms with Gasteiger partial charge in [-0.15, -0.1) is 0 Å². The van der Waals surface area contributed by atoms with Crippen molar-refractivity contribution in [2.45, 2.75) is 19.8 Å². The van der Waals surface area contributed by atoms with Crippen LogP contribution in [-0.2, 0) is 0 Å². The Kier molecular flexibility index (Phi) is 3.17. The number of fused-ring (bicyclic) bond motifs is 1. The molecule has 3 N–H and O–H groups in total. The Morgan fingerprint density at radius 2 is 2.19 bits per heavy atom. The average Bonchev–Trinajstić information content (AvgIpc) is 2.64. The number of hydrogen-bond acceptors (Lipinski definition) is 2. The van der Waals surface area contributed by atoms with Gasteiger partial charge in [0.25, 0.3) is 0 Å². The summed E-state index contributed by atoms with van der Waals surface area (Å²) in [6, 6.07) is 5.82. The lowest BCUT2D eigenvalue weighted by atomic mass is 9.91. The van der Waals surface area contributed by atoms with Crippen LogP contribution in [0.1, 0.15) is 25.5 Å². The van der Waals surface area contributed by atoms with E-state index in [1.54, 1.807) is 0 Å². The molecule has 4 heteroatoms. The summed E-state index contributed by atoms with van der Waals surface area (Å²) in [5.41, 5.74) is 7.74. The van der Waals surface area contributed by atoms with Crippen LogP contribution in [0.5, 0.6) is 0 Å². The first-order valence-corrected chi connectivity index (χ1v) is 5.85. The van der Waals surface area contributed by atoms with Crippen molar-refractivity contribution in [1.82, 2.24) is 10.2 Å². The van der Waals surface area contributed by atoms with Gasteiger partial charge in [0.05, 0.1) is 5.02 Å². The molecular weight excluding hydrogens is 222 g/mol. The van der Waals surface area contributed by atoms with Gasteiger partial charge in [0.1, 0.15) is 5.52 Å². The third-order valence-corrected chi connectivity index (χ3v) is 3.30. The Morgan fingerprint density at radius 3 is 2.81 bits per heavy atom. The summed E-state index contributed by atoms with van der Waals surface area (Å²) >= 11 is 6.08. The van der Waals surface area contributed by atoms with Gasteiger partial charge in [-0.25, -0.2) is 0 Å². The summed E-state index contributed by atoms with van der Waals surface area (Å²) in [5, 5.41) is 9.09. The Balaban J connectivity index is 2.57. The summed E-state index contributed by atoms with van der Waals surface area (Å²) in [4.78, 5) is 0. The van der Waals surface area contributed by atoms with Gasteiger partial charge in [-0.05, 0) is 12.0 Å². The first-order chi connectivity index (χ1) is 7.65. The number of H-pyrrole nitrogens is 1. The van der Waals surface area contributed by atoms with E-state index in [9.17, 15) is 0 Å². The van der Waals surface area contributed by atoms with E-state index in [0.717, 1.165) is 16.6 Å². The molecule has 1 aromatic carbocycles. The van der Waals surface area contributed by atoms with Gasteiger partial charge in [-0.3, -0.25) is 5.10 Å². The van der Waals surface area contributed by atoms with Crippen LogP contribution in [0.25, 0.3) is 10.9 Å². The molecule has 16 heavy (non-hydrogen) atoms. The van der Waals surface area contributed by atoms with Gasteiger partial charge >= 0.3 is 0 Å². The second kappa shape index (κ2) is 4.44. The monoisotopic (exact) mass is 237 g/mol. The standard InChI is InChI=1S/C12H16ClN3/c1-7(2)9(6-14)11-8-4-3-5-10(13)12(8)16-15-11/h3-5,7,9H,6,14H2,1-2H3,(H,15,16). The van der Waals surface area contributed by atoms with E-state index in [2.05, 4.69) is 24.0 Å². The normalized spacial score (nSPS) is 13.6. The van der Waals surface area contributed by atoms with Crippen LogP contribution in [-0.4, -0.2) is 16.7 Å². The molecule has 0 bridgehead atoms. The zero-order chi connectivity index (χ0) is 11.7. The Morgan fingerprint density at radius 1 is 1.44 bits per heavy atom. The first kappa shape index (κ1) is 11.4. The van der Waals surface area contributed by atoms with E-state index in [4.69, 9.17) is 17.3 Å². The van der Waals surface area contributed by atoms with Gasteiger partial charge in [0, 0.05) is 23.5 Å². The third-order valence-electron chi connectivity index (χ3n) is 2.99. The number of nitrogens with two attached hydrogens (primary N) is 1. The molecule has 2 aromatic rings. The summed E-state index contributed by atoms with van der Waals surface area (Å²) in [5.74, 6) is 0.774. The molecular formula is C12H16ClN3. The minimum Gasteiger partial charge on any atom is -0.330 e. The molecule has 0 spiro atoms. The lowest BCUT2D eigenvalue weighted by Crippen LogP contribution is -2.18. The largest absolute Gasteiger partial charge is 0.330 e. The molecule has 86 valence electrons. The average molecular weight is 238 g/mol. The number of halogens is 1. The number of benzene rings is 1. The van der Waals surface area contributed by atoms with Crippen molar-refractivity contribution in [1.29, 1.82) is 0 Å². The second-order valence-corrected chi connectivity index (χ2v) is 4.77. The predicted molar refractivity (Wildman–Crippen MR) is 67.7 cm³/mol. The highest BCUT2D eigenvalue weighted by atomic mass is 35.5. The smallest absolute Gasteiger partial charge is 0.111 e. The molecule has 0 aliphatic rings. The first-order valence-electron chi connectivity index (χ1n) is 5.47. The van der Waals surface area contributed by atoms with Crippen molar-refractivity contribution in [3.63, 3.8) is 0 Å². The highest BCUT2D eigenvalue weighted by molar-refractivity contribution is 6.35. The van der Waals surface area contributed by atoms with Crippen LogP contribution < -0.4 is 5.73 Å². The number of rotatable bonds is 3. The SMILES string of the molecule is CC(C)C(CN)c1[nH]nc2c(Cl)cccc12. The van der Waals surface area contributed by atoms with Crippen LogP contribution in [0.15, 0.2) is 18.2 Å². The molecule has 0 aliphatic carbocycles. The van der Waals surface area contributed by atoms with Crippen molar-refractivity contribution in [3.8, 4) is 0 Å². The summed E-state index contributed by atoms with van der Waals surface area (Å²) in [7, 11) is 0. The van der Waals surface area contributed by atoms with Gasteiger partial charge in [0.2, 0.25) is 0 Å². The maximum absolute atomic E-state index is 6.08. The minimum absolute atomic E-state index is 0.295. The highest BCUT2D eigenvalue weighted by Gasteiger charge is 2.19. The fourth-order valence-corrected chi connectivity index (χ4v) is 2.25. The number of para-hydroxylation sites is 1. The molecule has 3 nitrogen and oxygen atoms in total. The Bertz CT molecular complexity index is 490. The van der Waals surface area contributed by atoms with E-state index in [1.807, 2.05) is 18.2 Å². The number of nitrogens with one attached hydrogen (secondary N) is 1. The van der Waals surface area contributed by atoms with Crippen LogP contribution in [0.4, 0.5) is 0 Å². The number of nitrogens with zero attached hydrogens (tertiary/aromatic N) is 1. The zero-order valence-electron chi connectivity index (χ0n) is 9.50. The fraction of sp³-hybridized carbons (Fsp3) is 0.417. The molecule has 1 unspecified atom stereocenters. The molecule has 0 aliphatic heterocycles. The van der Waals surface area contributed by atoms with E-state index in [0.29, 0.717) is 23.4 Å². The van der Waals surface area contributed by atoms with Gasteiger partial charge in [0.15, 0.2) is 0 Å². The molecule has 0 saturated carbocycles. The van der Waals surface area contributed by atoms with Crippen LogP contribution in [0, 0.1) is 5.92 Å². The molecule has 1 heterocycles. The highest BCUT2D eigenvalue weighted by Crippen LogP contribution is 2.30. The van der Waals surface area contributed by atoms with E-state index in [1.165, 1.54) is 0 Å². The van der Waals surface area contributed by atoms with Gasteiger partial charge in [-0.1, -0.05) is 37.6 Å². The molecule has 0 fully saturated rings. The van der Waals surface area contributed by atoms with Crippen molar-refractivity contribution >= 4 is 22.5 Å². The molecule has 0 radical (unpaired) electrons. The summed E-state index contributed by atoms with van der Waals surface area (Å²) in [6.07, 6.45) is 0. The number of aromatic amines is 1. The van der Waals surface area contributed by atoms with E-state index in [-0.39, 0.29) is 0 Å². The summed E-state index contributed by atoms with van der Waals surface area (Å²) in [6.45, 7) is 4.94. The van der Waals surface area contributed by atoms with Crippen LogP contribution in [0.2, 0.25) is 5.02 Å². The number of hydrogen-bond donors (Lipinski definition) is 2. The maximum atomic E-state index is 6.08. The molecule has 1 aromatic heterocycles. The zero-order valence-corrected chi connectivity index (χ0v) is 10.3. The van der Waals surface area contributed by atoms with Crippen molar-refractivity contribution in [2.24, 2.45) is 11.7 Å². The second-order valence-electron chi connectivity index (χ2n) is 4.36. The van der Waals surface area contributed by atoms with Crippen molar-refractivity contribution < 1.29 is 0 Å². The minimum atomic E-state index is 0.295. The summed E-state index contributed by atoms with van der Waals surface area (Å²) < 4.78 is 0. The van der Waals surface area contributed by atoms with Gasteiger partial charge < -0.3 is 5.73 Å². The van der Waals surface area contributed by atoms with E-state index < -0.39 is 0 Å². The lowest BCUT2D eigenvalue weighted by Gasteiger charge is -2.17. The predicted octanol–water partition coefficient (Wildman–Crippen LogP) is 2.91. The third kappa shape index (κ3) is 1.81. The van der Waals surface area contributed by atoms with Crippen molar-refractivity contribution in [2.75, 3.05) is 6.54 Å². The fourth-order valence-electron chi connectivity index (χ4n) is 2.03. The quantitative estimate of drug-likeness (QED) is 0.863. The van der Waals surface area contributed by atoms with Gasteiger partial charge in [-0.2, -0.15) is 5.10 Å². The molecule has 0 amide bonds. The molecule has 1 atom stereocenters. The van der Waals surface area contributed by atoms with Crippen molar-refractivity contribution in [3.05, 3.63) is 28.9 Å². The number of aromatic nitrogens is 2. The Labute approximate surface area is 100.0 Å². The topological polar surface area (TPSA) is 54.7 Å². The van der Waals surface area contributed by atoms with Crippen LogP contribution >= 0.6 is 11.6 Å². The molecule has 2 rings (SSSR count).